The van der Waals surface area contributed by atoms with Gasteiger partial charge in [-0.05, 0) is 21.9 Å². The van der Waals surface area contributed by atoms with Gasteiger partial charge in [-0.2, -0.15) is 0 Å². The molecule has 0 bridgehead atoms. The van der Waals surface area contributed by atoms with Crippen LogP contribution in [0.3, 0.4) is 0 Å². The molecule has 0 saturated heterocycles. The SMILES string of the molecule is C[PH](=O)OC1C=Cc2cccc3cccc1c23. The molecule has 1 aliphatic carbocycles. The van der Waals surface area contributed by atoms with Crippen LogP contribution in [0.1, 0.15) is 17.2 Å². The molecule has 0 saturated carbocycles. The molecule has 0 aliphatic heterocycles. The Morgan fingerprint density at radius 2 is 1.94 bits per heavy atom. The largest absolute Gasteiger partial charge is 0.318 e. The molecule has 2 aromatic rings. The molecular formula is C14H13O2P. The lowest BCUT2D eigenvalue weighted by atomic mass is 9.92. The van der Waals surface area contributed by atoms with Gasteiger partial charge in [0.15, 0.2) is 8.03 Å². The van der Waals surface area contributed by atoms with Crippen molar-refractivity contribution < 1.29 is 9.09 Å². The summed E-state index contributed by atoms with van der Waals surface area (Å²) >= 11 is 0. The van der Waals surface area contributed by atoms with Crippen LogP contribution in [-0.2, 0) is 9.09 Å². The summed E-state index contributed by atoms with van der Waals surface area (Å²) < 4.78 is 16.8. The van der Waals surface area contributed by atoms with Gasteiger partial charge in [0.1, 0.15) is 6.10 Å². The summed E-state index contributed by atoms with van der Waals surface area (Å²) in [6.07, 6.45) is 3.85. The minimum atomic E-state index is -1.93. The topological polar surface area (TPSA) is 26.3 Å². The molecule has 0 spiro atoms. The molecule has 0 fully saturated rings. The lowest BCUT2D eigenvalue weighted by Gasteiger charge is -2.20. The van der Waals surface area contributed by atoms with E-state index in [0.717, 1.165) is 5.56 Å². The van der Waals surface area contributed by atoms with E-state index in [1.165, 1.54) is 16.3 Å². The Balaban J connectivity index is 2.23. The Labute approximate surface area is 101 Å². The van der Waals surface area contributed by atoms with Gasteiger partial charge in [-0.15, -0.1) is 0 Å². The van der Waals surface area contributed by atoms with Crippen LogP contribution in [-0.4, -0.2) is 6.66 Å². The summed E-state index contributed by atoms with van der Waals surface area (Å²) in [6.45, 7) is 1.62. The third-order valence-corrected chi connectivity index (χ3v) is 3.61. The van der Waals surface area contributed by atoms with Gasteiger partial charge in [0.05, 0.1) is 0 Å². The van der Waals surface area contributed by atoms with Crippen LogP contribution in [0, 0.1) is 0 Å². The number of rotatable bonds is 2. The maximum atomic E-state index is 11.3. The molecule has 3 rings (SSSR count). The first kappa shape index (κ1) is 10.8. The second-order valence-corrected chi connectivity index (χ2v) is 5.40. The summed E-state index contributed by atoms with van der Waals surface area (Å²) in [5, 5.41) is 2.42. The van der Waals surface area contributed by atoms with E-state index in [4.69, 9.17) is 4.52 Å². The molecule has 2 unspecified atom stereocenters. The monoisotopic (exact) mass is 244 g/mol. The van der Waals surface area contributed by atoms with Crippen molar-refractivity contribution in [1.82, 2.24) is 0 Å². The highest BCUT2D eigenvalue weighted by Gasteiger charge is 2.18. The summed E-state index contributed by atoms with van der Waals surface area (Å²) in [7, 11) is -1.93. The summed E-state index contributed by atoms with van der Waals surface area (Å²) in [6, 6.07) is 12.4. The van der Waals surface area contributed by atoms with Gasteiger partial charge in [0, 0.05) is 6.66 Å². The van der Waals surface area contributed by atoms with Crippen LogP contribution in [0.15, 0.2) is 42.5 Å². The first-order valence-electron chi connectivity index (χ1n) is 5.63. The van der Waals surface area contributed by atoms with E-state index in [9.17, 15) is 4.57 Å². The van der Waals surface area contributed by atoms with Crippen molar-refractivity contribution in [2.75, 3.05) is 6.66 Å². The fourth-order valence-electron chi connectivity index (χ4n) is 2.35. The quantitative estimate of drug-likeness (QED) is 0.745. The predicted octanol–water partition coefficient (Wildman–Crippen LogP) is 4.03. The Morgan fingerprint density at radius 1 is 1.18 bits per heavy atom. The van der Waals surface area contributed by atoms with Crippen molar-refractivity contribution in [3.05, 3.63) is 53.6 Å². The number of benzene rings is 2. The van der Waals surface area contributed by atoms with Gasteiger partial charge in [-0.25, -0.2) is 0 Å². The molecular weight excluding hydrogens is 231 g/mol. The molecule has 17 heavy (non-hydrogen) atoms. The van der Waals surface area contributed by atoms with Crippen LogP contribution >= 0.6 is 8.03 Å². The Morgan fingerprint density at radius 3 is 2.71 bits per heavy atom. The highest BCUT2D eigenvalue weighted by molar-refractivity contribution is 7.38. The molecule has 2 atom stereocenters. The summed E-state index contributed by atoms with van der Waals surface area (Å²) in [5.41, 5.74) is 2.31. The lowest BCUT2D eigenvalue weighted by molar-refractivity contribution is 0.274. The molecule has 0 aromatic heterocycles. The maximum absolute atomic E-state index is 11.3. The van der Waals surface area contributed by atoms with E-state index in [1.807, 2.05) is 24.3 Å². The van der Waals surface area contributed by atoms with E-state index >= 15 is 0 Å². The average molecular weight is 244 g/mol. The molecule has 0 heterocycles. The van der Waals surface area contributed by atoms with Crippen molar-refractivity contribution >= 4 is 24.9 Å². The third kappa shape index (κ3) is 1.84. The van der Waals surface area contributed by atoms with E-state index in [-0.39, 0.29) is 6.10 Å². The molecule has 0 N–H and O–H groups in total. The van der Waals surface area contributed by atoms with Crippen LogP contribution in [0.25, 0.3) is 16.8 Å². The number of hydrogen-bond donors (Lipinski definition) is 0. The molecule has 0 radical (unpaired) electrons. The smallest absolute Gasteiger partial charge is 0.189 e. The highest BCUT2D eigenvalue weighted by Crippen LogP contribution is 2.39. The molecule has 86 valence electrons. The molecule has 2 aromatic carbocycles. The number of hydrogen-bond acceptors (Lipinski definition) is 2. The second-order valence-electron chi connectivity index (χ2n) is 4.18. The van der Waals surface area contributed by atoms with Crippen LogP contribution in [0.2, 0.25) is 0 Å². The van der Waals surface area contributed by atoms with E-state index in [0.29, 0.717) is 0 Å². The molecule has 2 nitrogen and oxygen atoms in total. The molecule has 3 heteroatoms. The van der Waals surface area contributed by atoms with Gasteiger partial charge >= 0.3 is 0 Å². The van der Waals surface area contributed by atoms with Gasteiger partial charge in [-0.3, -0.25) is 4.57 Å². The zero-order valence-electron chi connectivity index (χ0n) is 9.51. The second kappa shape index (κ2) is 4.14. The first-order chi connectivity index (χ1) is 8.25. The normalized spacial score (nSPS) is 19.5. The highest BCUT2D eigenvalue weighted by atomic mass is 31.1. The van der Waals surface area contributed by atoms with Gasteiger partial charge in [0.2, 0.25) is 0 Å². The van der Waals surface area contributed by atoms with E-state index < -0.39 is 8.03 Å². The lowest BCUT2D eigenvalue weighted by Crippen LogP contribution is -2.02. The van der Waals surface area contributed by atoms with Crippen molar-refractivity contribution in [2.45, 2.75) is 6.10 Å². The fraction of sp³-hybridized carbons (Fsp3) is 0.143. The minimum Gasteiger partial charge on any atom is -0.318 e. The van der Waals surface area contributed by atoms with Crippen molar-refractivity contribution in [3.63, 3.8) is 0 Å². The fourth-order valence-corrected chi connectivity index (χ4v) is 2.92. The predicted molar refractivity (Wildman–Crippen MR) is 71.7 cm³/mol. The summed E-state index contributed by atoms with van der Waals surface area (Å²) in [4.78, 5) is 0. The summed E-state index contributed by atoms with van der Waals surface area (Å²) in [5.74, 6) is 0. The van der Waals surface area contributed by atoms with Crippen LogP contribution < -0.4 is 0 Å². The van der Waals surface area contributed by atoms with Crippen molar-refractivity contribution in [2.24, 2.45) is 0 Å². The van der Waals surface area contributed by atoms with Crippen LogP contribution in [0.5, 0.6) is 0 Å². The zero-order valence-corrected chi connectivity index (χ0v) is 10.5. The molecule has 0 amide bonds. The maximum Gasteiger partial charge on any atom is 0.189 e. The van der Waals surface area contributed by atoms with Gasteiger partial charge in [0.25, 0.3) is 0 Å². The van der Waals surface area contributed by atoms with Gasteiger partial charge < -0.3 is 4.52 Å². The van der Waals surface area contributed by atoms with Gasteiger partial charge in [-0.1, -0.05) is 48.6 Å². The van der Waals surface area contributed by atoms with E-state index in [1.54, 1.807) is 6.66 Å². The average Bonchev–Trinajstić information content (AvgIpc) is 2.33. The zero-order chi connectivity index (χ0) is 11.8. The first-order valence-corrected chi connectivity index (χ1v) is 7.44. The Bertz CT molecular complexity index is 626. The standard InChI is InChI=1S/C14H13O2P/c1-17(15)16-13-9-8-11-5-2-4-10-6-3-7-12(13)14(10)11/h2-9,13,17H,1H3. The molecule has 1 aliphatic rings. The Kier molecular flexibility index (Phi) is 2.62. The van der Waals surface area contributed by atoms with Crippen molar-refractivity contribution in [3.8, 4) is 0 Å². The van der Waals surface area contributed by atoms with Crippen LogP contribution in [0.4, 0.5) is 0 Å². The third-order valence-electron chi connectivity index (χ3n) is 3.02. The Hall–Kier alpha value is -1.37. The minimum absolute atomic E-state index is 0.176. The van der Waals surface area contributed by atoms with E-state index in [2.05, 4.69) is 24.3 Å². The van der Waals surface area contributed by atoms with Crippen molar-refractivity contribution in [1.29, 1.82) is 0 Å².